The number of hydrogen-bond acceptors (Lipinski definition) is 4. The van der Waals surface area contributed by atoms with Crippen molar-refractivity contribution in [2.45, 2.75) is 13.5 Å². The predicted octanol–water partition coefficient (Wildman–Crippen LogP) is 2.44. The summed E-state index contributed by atoms with van der Waals surface area (Å²) in [6.07, 6.45) is 1.72. The van der Waals surface area contributed by atoms with Crippen LogP contribution in [0, 0.1) is 12.7 Å². The van der Waals surface area contributed by atoms with Gasteiger partial charge in [-0.2, -0.15) is 0 Å². The molecule has 0 radical (unpaired) electrons. The van der Waals surface area contributed by atoms with E-state index in [0.717, 1.165) is 44.1 Å². The smallest absolute Gasteiger partial charge is 0.191 e. The van der Waals surface area contributed by atoms with Gasteiger partial charge in [-0.3, -0.25) is 4.90 Å². The Kier molecular flexibility index (Phi) is 3.69. The molecule has 0 atom stereocenters. The number of halogens is 1. The molecule has 1 aliphatic rings. The molecule has 5 heteroatoms. The molecule has 0 saturated carbocycles. The standard InChI is InChI=1S/C15H18FN3O/c1-12-17-14(11-20-12)10-18-6-8-19(9-7-18)15-4-2-13(16)3-5-15/h2-5,11H,6-10H2,1H3. The van der Waals surface area contributed by atoms with Crippen molar-refractivity contribution in [1.82, 2.24) is 9.88 Å². The summed E-state index contributed by atoms with van der Waals surface area (Å²) in [7, 11) is 0. The lowest BCUT2D eigenvalue weighted by Gasteiger charge is -2.35. The third-order valence-electron chi connectivity index (χ3n) is 3.62. The zero-order chi connectivity index (χ0) is 13.9. The molecule has 4 nitrogen and oxygen atoms in total. The van der Waals surface area contributed by atoms with E-state index in [1.807, 2.05) is 19.1 Å². The molecule has 20 heavy (non-hydrogen) atoms. The lowest BCUT2D eigenvalue weighted by atomic mass is 10.2. The molecule has 1 fully saturated rings. The molecule has 1 aliphatic heterocycles. The Bertz CT molecular complexity index is 559. The highest BCUT2D eigenvalue weighted by Crippen LogP contribution is 2.17. The highest BCUT2D eigenvalue weighted by atomic mass is 19.1. The summed E-state index contributed by atoms with van der Waals surface area (Å²) in [5.41, 5.74) is 2.07. The quantitative estimate of drug-likeness (QED) is 0.861. The van der Waals surface area contributed by atoms with E-state index in [0.29, 0.717) is 5.89 Å². The molecule has 3 rings (SSSR count). The fourth-order valence-electron chi connectivity index (χ4n) is 2.53. The van der Waals surface area contributed by atoms with Gasteiger partial charge in [0, 0.05) is 45.3 Å². The van der Waals surface area contributed by atoms with Gasteiger partial charge in [0.1, 0.15) is 12.1 Å². The Morgan fingerprint density at radius 2 is 1.85 bits per heavy atom. The third kappa shape index (κ3) is 2.99. The normalized spacial score (nSPS) is 16.6. The van der Waals surface area contributed by atoms with Gasteiger partial charge in [-0.05, 0) is 24.3 Å². The molecule has 1 aromatic heterocycles. The molecule has 1 saturated heterocycles. The number of rotatable bonds is 3. The first-order valence-electron chi connectivity index (χ1n) is 6.84. The number of anilines is 1. The van der Waals surface area contributed by atoms with Gasteiger partial charge in [-0.1, -0.05) is 0 Å². The van der Waals surface area contributed by atoms with E-state index in [1.165, 1.54) is 12.1 Å². The Morgan fingerprint density at radius 3 is 2.45 bits per heavy atom. The van der Waals surface area contributed by atoms with E-state index >= 15 is 0 Å². The molecule has 106 valence electrons. The maximum Gasteiger partial charge on any atom is 0.191 e. The Labute approximate surface area is 117 Å². The number of aromatic nitrogens is 1. The molecular weight excluding hydrogens is 257 g/mol. The second-order valence-electron chi connectivity index (χ2n) is 5.10. The first-order valence-corrected chi connectivity index (χ1v) is 6.84. The van der Waals surface area contributed by atoms with Crippen molar-refractivity contribution in [2.75, 3.05) is 31.1 Å². The Balaban J connectivity index is 1.55. The second-order valence-corrected chi connectivity index (χ2v) is 5.10. The van der Waals surface area contributed by atoms with Crippen LogP contribution in [0.2, 0.25) is 0 Å². The summed E-state index contributed by atoms with van der Waals surface area (Å²) in [6, 6.07) is 6.71. The van der Waals surface area contributed by atoms with Gasteiger partial charge in [0.2, 0.25) is 0 Å². The monoisotopic (exact) mass is 275 g/mol. The van der Waals surface area contributed by atoms with Gasteiger partial charge in [-0.15, -0.1) is 0 Å². The second kappa shape index (κ2) is 5.63. The van der Waals surface area contributed by atoms with Crippen molar-refractivity contribution in [1.29, 1.82) is 0 Å². The van der Waals surface area contributed by atoms with Crippen LogP contribution in [0.1, 0.15) is 11.6 Å². The number of aryl methyl sites for hydroxylation is 1. The molecule has 0 bridgehead atoms. The first kappa shape index (κ1) is 13.1. The summed E-state index contributed by atoms with van der Waals surface area (Å²) in [4.78, 5) is 8.97. The number of piperazine rings is 1. The van der Waals surface area contributed by atoms with Crippen LogP contribution in [0.15, 0.2) is 34.9 Å². The van der Waals surface area contributed by atoms with Gasteiger partial charge in [0.25, 0.3) is 0 Å². The molecule has 2 heterocycles. The molecule has 0 unspecified atom stereocenters. The number of benzene rings is 1. The van der Waals surface area contributed by atoms with E-state index in [4.69, 9.17) is 4.42 Å². The molecule has 2 aromatic rings. The summed E-state index contributed by atoms with van der Waals surface area (Å²) in [5, 5.41) is 0. The largest absolute Gasteiger partial charge is 0.449 e. The fourth-order valence-corrected chi connectivity index (χ4v) is 2.53. The minimum absolute atomic E-state index is 0.186. The van der Waals surface area contributed by atoms with E-state index in [2.05, 4.69) is 14.8 Å². The van der Waals surface area contributed by atoms with Gasteiger partial charge in [0.15, 0.2) is 5.89 Å². The molecular formula is C15H18FN3O. The van der Waals surface area contributed by atoms with Crippen LogP contribution in [0.4, 0.5) is 10.1 Å². The van der Waals surface area contributed by atoms with E-state index < -0.39 is 0 Å². The van der Waals surface area contributed by atoms with Crippen molar-refractivity contribution < 1.29 is 8.81 Å². The van der Waals surface area contributed by atoms with Crippen molar-refractivity contribution in [3.8, 4) is 0 Å². The summed E-state index contributed by atoms with van der Waals surface area (Å²) < 4.78 is 18.1. The lowest BCUT2D eigenvalue weighted by molar-refractivity contribution is 0.247. The van der Waals surface area contributed by atoms with Crippen molar-refractivity contribution in [2.24, 2.45) is 0 Å². The van der Waals surface area contributed by atoms with Gasteiger partial charge < -0.3 is 9.32 Å². The minimum Gasteiger partial charge on any atom is -0.449 e. The maximum absolute atomic E-state index is 12.9. The Hall–Kier alpha value is -1.88. The van der Waals surface area contributed by atoms with Crippen LogP contribution in [-0.4, -0.2) is 36.1 Å². The van der Waals surface area contributed by atoms with Crippen LogP contribution in [0.3, 0.4) is 0 Å². The van der Waals surface area contributed by atoms with Crippen LogP contribution in [0.25, 0.3) is 0 Å². The van der Waals surface area contributed by atoms with Crippen molar-refractivity contribution in [3.05, 3.63) is 47.9 Å². The first-order chi connectivity index (χ1) is 9.70. The van der Waals surface area contributed by atoms with Gasteiger partial charge in [-0.25, -0.2) is 9.37 Å². The summed E-state index contributed by atoms with van der Waals surface area (Å²) in [6.45, 7) is 6.53. The van der Waals surface area contributed by atoms with Crippen LogP contribution >= 0.6 is 0 Å². The van der Waals surface area contributed by atoms with Gasteiger partial charge in [0.05, 0.1) is 5.69 Å². The number of oxazole rings is 1. The summed E-state index contributed by atoms with van der Waals surface area (Å²) >= 11 is 0. The highest BCUT2D eigenvalue weighted by Gasteiger charge is 2.18. The average molecular weight is 275 g/mol. The van der Waals surface area contributed by atoms with Crippen molar-refractivity contribution >= 4 is 5.69 Å². The van der Waals surface area contributed by atoms with E-state index in [1.54, 1.807) is 6.26 Å². The third-order valence-corrected chi connectivity index (χ3v) is 3.62. The highest BCUT2D eigenvalue weighted by molar-refractivity contribution is 5.46. The molecule has 1 aromatic carbocycles. The zero-order valence-corrected chi connectivity index (χ0v) is 11.6. The van der Waals surface area contributed by atoms with E-state index in [9.17, 15) is 4.39 Å². The lowest BCUT2D eigenvalue weighted by Crippen LogP contribution is -2.46. The topological polar surface area (TPSA) is 32.5 Å². The number of hydrogen-bond donors (Lipinski definition) is 0. The number of nitrogens with zero attached hydrogens (tertiary/aromatic N) is 3. The van der Waals surface area contributed by atoms with Crippen LogP contribution in [-0.2, 0) is 6.54 Å². The van der Waals surface area contributed by atoms with Crippen molar-refractivity contribution in [3.63, 3.8) is 0 Å². The maximum atomic E-state index is 12.9. The SMILES string of the molecule is Cc1nc(CN2CCN(c3ccc(F)cc3)CC2)co1. The molecule has 0 amide bonds. The van der Waals surface area contributed by atoms with E-state index in [-0.39, 0.29) is 5.82 Å². The Morgan fingerprint density at radius 1 is 1.15 bits per heavy atom. The fraction of sp³-hybridized carbons (Fsp3) is 0.400. The minimum atomic E-state index is -0.186. The van der Waals surface area contributed by atoms with Crippen LogP contribution in [0.5, 0.6) is 0 Å². The zero-order valence-electron chi connectivity index (χ0n) is 11.6. The molecule has 0 spiro atoms. The van der Waals surface area contributed by atoms with Crippen LogP contribution < -0.4 is 4.90 Å². The summed E-state index contributed by atoms with van der Waals surface area (Å²) in [5.74, 6) is 0.527. The predicted molar refractivity (Wildman–Crippen MR) is 75.1 cm³/mol. The average Bonchev–Trinajstić information content (AvgIpc) is 2.86. The molecule has 0 N–H and O–H groups in total. The van der Waals surface area contributed by atoms with Gasteiger partial charge >= 0.3 is 0 Å². The molecule has 0 aliphatic carbocycles.